The van der Waals surface area contributed by atoms with E-state index in [9.17, 15) is 4.79 Å². The molecular weight excluding hydrogens is 280 g/mol. The highest BCUT2D eigenvalue weighted by Crippen LogP contribution is 2.18. The van der Waals surface area contributed by atoms with Crippen LogP contribution < -0.4 is 10.1 Å². The summed E-state index contributed by atoms with van der Waals surface area (Å²) in [6, 6.07) is 6.92. The smallest absolute Gasteiger partial charge is 0.261 e. The Morgan fingerprint density at radius 1 is 1.55 bits per heavy atom. The molecule has 106 valence electrons. The fourth-order valence-corrected chi connectivity index (χ4v) is 1.76. The second kappa shape index (κ2) is 6.38. The molecule has 7 heteroatoms. The molecule has 1 heterocycles. The largest absolute Gasteiger partial charge is 0.481 e. The molecule has 2 aromatic rings. The number of aromatic nitrogens is 3. The van der Waals surface area contributed by atoms with Crippen LogP contribution in [0.15, 0.2) is 30.6 Å². The number of amides is 1. The van der Waals surface area contributed by atoms with E-state index in [4.69, 9.17) is 16.3 Å². The molecule has 1 N–H and O–H groups in total. The first-order valence-electron chi connectivity index (χ1n) is 6.09. The predicted molar refractivity (Wildman–Crippen MR) is 74.4 cm³/mol. The number of nitrogens with zero attached hydrogens (tertiary/aromatic N) is 3. The van der Waals surface area contributed by atoms with Gasteiger partial charge in [0.25, 0.3) is 5.91 Å². The molecule has 1 aromatic carbocycles. The Balaban J connectivity index is 1.87. The highest BCUT2D eigenvalue weighted by Gasteiger charge is 2.15. The van der Waals surface area contributed by atoms with Crippen LogP contribution in [0.3, 0.4) is 0 Å². The van der Waals surface area contributed by atoms with Crippen LogP contribution in [0.5, 0.6) is 5.75 Å². The Bertz CT molecular complexity index is 600. The maximum Gasteiger partial charge on any atom is 0.261 e. The van der Waals surface area contributed by atoms with Crippen molar-refractivity contribution in [3.05, 3.63) is 41.4 Å². The van der Waals surface area contributed by atoms with Gasteiger partial charge < -0.3 is 14.6 Å². The van der Waals surface area contributed by atoms with E-state index < -0.39 is 6.10 Å². The summed E-state index contributed by atoms with van der Waals surface area (Å²) in [6.45, 7) is 1.98. The van der Waals surface area contributed by atoms with Gasteiger partial charge in [0, 0.05) is 12.1 Å². The minimum absolute atomic E-state index is 0.229. The number of halogens is 1. The Hall–Kier alpha value is -2.08. The SMILES string of the molecule is CC(Oc1cccc(Cl)c1)C(=O)NCc1nncn1C. The molecule has 0 aliphatic carbocycles. The highest BCUT2D eigenvalue weighted by atomic mass is 35.5. The maximum absolute atomic E-state index is 11.9. The van der Waals surface area contributed by atoms with Crippen LogP contribution in [-0.2, 0) is 18.4 Å². The quantitative estimate of drug-likeness (QED) is 0.908. The number of benzene rings is 1. The zero-order chi connectivity index (χ0) is 14.5. The van der Waals surface area contributed by atoms with Crippen LogP contribution >= 0.6 is 11.6 Å². The Morgan fingerprint density at radius 3 is 3.00 bits per heavy atom. The summed E-state index contributed by atoms with van der Waals surface area (Å²) in [5, 5.41) is 10.9. The lowest BCUT2D eigenvalue weighted by Gasteiger charge is -2.14. The molecule has 20 heavy (non-hydrogen) atoms. The average molecular weight is 295 g/mol. The summed E-state index contributed by atoms with van der Waals surface area (Å²) in [4.78, 5) is 11.9. The Labute approximate surface area is 121 Å². The number of rotatable bonds is 5. The van der Waals surface area contributed by atoms with E-state index in [0.29, 0.717) is 23.1 Å². The zero-order valence-corrected chi connectivity index (χ0v) is 12.0. The van der Waals surface area contributed by atoms with Gasteiger partial charge in [0.05, 0.1) is 6.54 Å². The molecule has 0 bridgehead atoms. The second-order valence-electron chi connectivity index (χ2n) is 4.29. The van der Waals surface area contributed by atoms with Gasteiger partial charge >= 0.3 is 0 Å². The van der Waals surface area contributed by atoms with Crippen LogP contribution in [0.1, 0.15) is 12.7 Å². The normalized spacial score (nSPS) is 11.9. The number of carbonyl (C=O) groups is 1. The van der Waals surface area contributed by atoms with Crippen LogP contribution in [0.4, 0.5) is 0 Å². The second-order valence-corrected chi connectivity index (χ2v) is 4.73. The van der Waals surface area contributed by atoms with Crippen molar-refractivity contribution in [2.75, 3.05) is 0 Å². The van der Waals surface area contributed by atoms with Crippen LogP contribution in [0.2, 0.25) is 5.02 Å². The molecule has 0 aliphatic heterocycles. The number of ether oxygens (including phenoxy) is 1. The minimum atomic E-state index is -0.623. The molecule has 1 unspecified atom stereocenters. The zero-order valence-electron chi connectivity index (χ0n) is 11.2. The molecule has 0 spiro atoms. The summed E-state index contributed by atoms with van der Waals surface area (Å²) in [7, 11) is 1.81. The topological polar surface area (TPSA) is 69.0 Å². The number of hydrogen-bond acceptors (Lipinski definition) is 4. The molecule has 2 rings (SSSR count). The van der Waals surface area contributed by atoms with E-state index in [1.807, 2.05) is 7.05 Å². The fraction of sp³-hybridized carbons (Fsp3) is 0.308. The first-order valence-corrected chi connectivity index (χ1v) is 6.47. The molecule has 1 atom stereocenters. The van der Waals surface area contributed by atoms with Crippen LogP contribution in [-0.4, -0.2) is 26.8 Å². The van der Waals surface area contributed by atoms with Crippen molar-refractivity contribution in [3.8, 4) is 5.75 Å². The number of aryl methyl sites for hydroxylation is 1. The maximum atomic E-state index is 11.9. The first-order chi connectivity index (χ1) is 9.56. The molecular formula is C13H15ClN4O2. The van der Waals surface area contributed by atoms with E-state index >= 15 is 0 Å². The average Bonchev–Trinajstić information content (AvgIpc) is 2.81. The van der Waals surface area contributed by atoms with E-state index in [1.165, 1.54) is 0 Å². The van der Waals surface area contributed by atoms with Gasteiger partial charge in [-0.05, 0) is 25.1 Å². The summed E-state index contributed by atoms with van der Waals surface area (Å²) < 4.78 is 7.26. The lowest BCUT2D eigenvalue weighted by atomic mass is 10.3. The monoisotopic (exact) mass is 294 g/mol. The molecule has 1 amide bonds. The molecule has 0 radical (unpaired) electrons. The Morgan fingerprint density at radius 2 is 2.35 bits per heavy atom. The van der Waals surface area contributed by atoms with Crippen molar-refractivity contribution in [2.24, 2.45) is 7.05 Å². The van der Waals surface area contributed by atoms with Crippen LogP contribution in [0, 0.1) is 0 Å². The van der Waals surface area contributed by atoms with Crippen molar-refractivity contribution < 1.29 is 9.53 Å². The third-order valence-electron chi connectivity index (χ3n) is 2.70. The molecule has 0 saturated carbocycles. The van der Waals surface area contributed by atoms with Gasteiger partial charge in [-0.25, -0.2) is 0 Å². The summed E-state index contributed by atoms with van der Waals surface area (Å²) >= 11 is 5.86. The molecule has 0 aliphatic rings. The highest BCUT2D eigenvalue weighted by molar-refractivity contribution is 6.30. The number of nitrogens with one attached hydrogen (secondary N) is 1. The third-order valence-corrected chi connectivity index (χ3v) is 2.94. The van der Waals surface area contributed by atoms with Gasteiger partial charge in [-0.2, -0.15) is 0 Å². The van der Waals surface area contributed by atoms with Gasteiger partial charge in [0.15, 0.2) is 11.9 Å². The van der Waals surface area contributed by atoms with Gasteiger partial charge in [-0.3, -0.25) is 4.79 Å². The standard InChI is InChI=1S/C13H15ClN4O2/c1-9(20-11-5-3-4-10(14)6-11)13(19)15-7-12-17-16-8-18(12)2/h3-6,8-9H,7H2,1-2H3,(H,15,19). The predicted octanol–water partition coefficient (Wildman–Crippen LogP) is 1.55. The molecule has 6 nitrogen and oxygen atoms in total. The third kappa shape index (κ3) is 3.71. The van der Waals surface area contributed by atoms with Crippen molar-refractivity contribution in [3.63, 3.8) is 0 Å². The molecule has 1 aromatic heterocycles. The van der Waals surface area contributed by atoms with E-state index in [2.05, 4.69) is 15.5 Å². The Kier molecular flexibility index (Phi) is 4.57. The lowest BCUT2D eigenvalue weighted by Crippen LogP contribution is -2.36. The van der Waals surface area contributed by atoms with Crippen molar-refractivity contribution >= 4 is 17.5 Å². The number of hydrogen-bond donors (Lipinski definition) is 1. The first kappa shape index (κ1) is 14.3. The summed E-state index contributed by atoms with van der Waals surface area (Å²) in [5.74, 6) is 1.00. The van der Waals surface area contributed by atoms with Crippen molar-refractivity contribution in [1.29, 1.82) is 0 Å². The summed E-state index contributed by atoms with van der Waals surface area (Å²) in [5.41, 5.74) is 0. The van der Waals surface area contributed by atoms with Crippen molar-refractivity contribution in [1.82, 2.24) is 20.1 Å². The van der Waals surface area contributed by atoms with Gasteiger partial charge in [-0.15, -0.1) is 10.2 Å². The summed E-state index contributed by atoms with van der Waals surface area (Å²) in [6.07, 6.45) is 0.953. The van der Waals surface area contributed by atoms with Gasteiger partial charge in [-0.1, -0.05) is 17.7 Å². The lowest BCUT2D eigenvalue weighted by molar-refractivity contribution is -0.127. The van der Waals surface area contributed by atoms with Gasteiger partial charge in [0.1, 0.15) is 12.1 Å². The van der Waals surface area contributed by atoms with Gasteiger partial charge in [0.2, 0.25) is 0 Å². The molecule has 0 saturated heterocycles. The van der Waals surface area contributed by atoms with E-state index in [0.717, 1.165) is 0 Å². The minimum Gasteiger partial charge on any atom is -0.481 e. The van der Waals surface area contributed by atoms with Crippen LogP contribution in [0.25, 0.3) is 0 Å². The number of carbonyl (C=O) groups excluding carboxylic acids is 1. The van der Waals surface area contributed by atoms with E-state index in [-0.39, 0.29) is 5.91 Å². The van der Waals surface area contributed by atoms with E-state index in [1.54, 1.807) is 42.1 Å². The molecule has 0 fully saturated rings. The fourth-order valence-electron chi connectivity index (χ4n) is 1.58. The van der Waals surface area contributed by atoms with Crippen molar-refractivity contribution in [2.45, 2.75) is 19.6 Å².